The van der Waals surface area contributed by atoms with E-state index in [4.69, 9.17) is 13.6 Å². The van der Waals surface area contributed by atoms with Crippen LogP contribution in [0.25, 0.3) is 0 Å². The normalized spacial score (nSPS) is 16.5. The van der Waals surface area contributed by atoms with Crippen molar-refractivity contribution in [3.63, 3.8) is 0 Å². The topological polar surface area (TPSA) is 44.8 Å². The van der Waals surface area contributed by atoms with Crippen LogP contribution in [0.2, 0.25) is 0 Å². The minimum Gasteiger partial charge on any atom is -0.287 e. The van der Waals surface area contributed by atoms with E-state index < -0.39 is 7.82 Å². The molecule has 0 aliphatic carbocycles. The van der Waals surface area contributed by atoms with Gasteiger partial charge in [-0.1, -0.05) is 99.3 Å². The first-order chi connectivity index (χ1) is 14.0. The van der Waals surface area contributed by atoms with Crippen LogP contribution in [0.15, 0.2) is 0 Å². The first kappa shape index (κ1) is 33.6. The van der Waals surface area contributed by atoms with Crippen LogP contribution in [-0.4, -0.2) is 19.8 Å². The smallest absolute Gasteiger partial charge is 0.287 e. The predicted octanol–water partition coefficient (Wildman–Crippen LogP) is 8.79. The van der Waals surface area contributed by atoms with E-state index in [-0.39, 0.29) is 40.8 Å². The van der Waals surface area contributed by atoms with Crippen molar-refractivity contribution >= 4 is 7.82 Å². The van der Waals surface area contributed by atoms with Crippen molar-refractivity contribution in [2.45, 2.75) is 119 Å². The molecule has 0 fully saturated rings. The number of rotatable bonds is 21. The summed E-state index contributed by atoms with van der Waals surface area (Å²) in [7, 11) is -3.52. The molecular formula is C24H51NdO4P. The standard InChI is InChI=1S/C24H51O4P.Nd/c1-7-13-16-22(10-4)19-26-29(25,27-20-23(11-5)17-14-8-2)28-21-24(12-6)18-15-9-3;/h22-24H,7-21H2,1-6H3;. The molecule has 0 aromatic rings. The van der Waals surface area contributed by atoms with Crippen molar-refractivity contribution in [2.24, 2.45) is 17.8 Å². The Kier molecular flexibility index (Phi) is 25.0. The van der Waals surface area contributed by atoms with E-state index in [2.05, 4.69) is 41.5 Å². The van der Waals surface area contributed by atoms with Gasteiger partial charge in [-0.25, -0.2) is 4.57 Å². The Bertz CT molecular complexity index is 352. The van der Waals surface area contributed by atoms with Gasteiger partial charge in [0.15, 0.2) is 0 Å². The number of hydrogen-bond donors (Lipinski definition) is 0. The van der Waals surface area contributed by atoms with E-state index in [0.717, 1.165) is 38.5 Å². The Hall–Kier alpha value is 1.46. The van der Waals surface area contributed by atoms with Crippen molar-refractivity contribution in [2.75, 3.05) is 19.8 Å². The van der Waals surface area contributed by atoms with Crippen molar-refractivity contribution < 1.29 is 59.0 Å². The second kappa shape index (κ2) is 22.3. The van der Waals surface area contributed by atoms with Gasteiger partial charge < -0.3 is 0 Å². The first-order valence-corrected chi connectivity index (χ1v) is 14.0. The average molecular weight is 579 g/mol. The minimum absolute atomic E-state index is 0. The third-order valence-electron chi connectivity index (χ3n) is 6.03. The molecule has 0 aliphatic rings. The Labute approximate surface area is 221 Å². The summed E-state index contributed by atoms with van der Waals surface area (Å²) in [6.45, 7) is 14.5. The number of phosphoric ester groups is 1. The maximum atomic E-state index is 13.4. The maximum Gasteiger partial charge on any atom is 0.474 e. The molecule has 180 valence electrons. The summed E-state index contributed by atoms with van der Waals surface area (Å²) in [6.07, 6.45) is 13.5. The molecule has 0 aromatic heterocycles. The number of unbranched alkanes of at least 4 members (excludes halogenated alkanes) is 3. The van der Waals surface area contributed by atoms with E-state index in [9.17, 15) is 4.57 Å². The van der Waals surface area contributed by atoms with Crippen LogP contribution in [0.3, 0.4) is 0 Å². The monoisotopic (exact) mass is 576 g/mol. The summed E-state index contributed by atoms with van der Waals surface area (Å²) < 4.78 is 31.1. The minimum atomic E-state index is -3.52. The molecule has 0 aliphatic heterocycles. The SMILES string of the molecule is CCCCC(CC)COP(=O)(OCC(CC)CCCC)OCC(CC)CCCC.[Nd]. The van der Waals surface area contributed by atoms with Crippen LogP contribution < -0.4 is 0 Å². The van der Waals surface area contributed by atoms with Crippen LogP contribution in [0.5, 0.6) is 0 Å². The molecule has 4 nitrogen and oxygen atoms in total. The Balaban J connectivity index is 0. The molecule has 0 N–H and O–H groups in total. The van der Waals surface area contributed by atoms with Gasteiger partial charge in [0.1, 0.15) is 0 Å². The van der Waals surface area contributed by atoms with Crippen LogP contribution in [0.4, 0.5) is 0 Å². The van der Waals surface area contributed by atoms with Crippen LogP contribution in [-0.2, 0) is 18.1 Å². The fraction of sp³-hybridized carbons (Fsp3) is 1.00. The number of phosphoric acid groups is 1. The zero-order chi connectivity index (χ0) is 22.0. The van der Waals surface area contributed by atoms with E-state index in [0.29, 0.717) is 37.6 Å². The zero-order valence-electron chi connectivity index (χ0n) is 20.9. The molecule has 3 atom stereocenters. The molecule has 0 saturated carbocycles. The largest absolute Gasteiger partial charge is 0.474 e. The van der Waals surface area contributed by atoms with Crippen molar-refractivity contribution in [3.05, 3.63) is 0 Å². The second-order valence-corrected chi connectivity index (χ2v) is 10.3. The maximum absolute atomic E-state index is 13.4. The summed E-state index contributed by atoms with van der Waals surface area (Å²) in [4.78, 5) is 0. The summed E-state index contributed by atoms with van der Waals surface area (Å²) in [5.74, 6) is 1.25. The van der Waals surface area contributed by atoms with E-state index >= 15 is 0 Å². The van der Waals surface area contributed by atoms with Gasteiger partial charge >= 0.3 is 7.82 Å². The molecule has 0 radical (unpaired) electrons. The average Bonchev–Trinajstić information content (AvgIpc) is 2.74. The predicted molar refractivity (Wildman–Crippen MR) is 125 cm³/mol. The van der Waals surface area contributed by atoms with E-state index in [1.165, 1.54) is 38.5 Å². The van der Waals surface area contributed by atoms with Gasteiger partial charge in [-0.3, -0.25) is 13.6 Å². The fourth-order valence-corrected chi connectivity index (χ4v) is 4.80. The molecule has 0 amide bonds. The van der Waals surface area contributed by atoms with Gasteiger partial charge in [0, 0.05) is 40.8 Å². The molecule has 3 unspecified atom stereocenters. The number of hydrogen-bond acceptors (Lipinski definition) is 4. The zero-order valence-corrected chi connectivity index (χ0v) is 25.0. The second-order valence-electron chi connectivity index (χ2n) is 8.58. The molecule has 0 spiro atoms. The summed E-state index contributed by atoms with van der Waals surface area (Å²) in [5, 5.41) is 0. The third-order valence-corrected chi connectivity index (χ3v) is 7.43. The molecule has 0 saturated heterocycles. The molecule has 0 bridgehead atoms. The molecule has 0 heterocycles. The Morgan fingerprint density at radius 3 is 1.03 bits per heavy atom. The van der Waals surface area contributed by atoms with Crippen LogP contribution >= 0.6 is 7.82 Å². The van der Waals surface area contributed by atoms with Crippen molar-refractivity contribution in [1.82, 2.24) is 0 Å². The van der Waals surface area contributed by atoms with Crippen molar-refractivity contribution in [1.29, 1.82) is 0 Å². The molecule has 0 rings (SSSR count). The van der Waals surface area contributed by atoms with E-state index in [1.807, 2.05) is 0 Å². The molecule has 6 heteroatoms. The van der Waals surface area contributed by atoms with Gasteiger partial charge in [0.2, 0.25) is 0 Å². The van der Waals surface area contributed by atoms with Crippen molar-refractivity contribution in [3.8, 4) is 0 Å². The van der Waals surface area contributed by atoms with Crippen LogP contribution in [0.1, 0.15) is 119 Å². The molecule has 30 heavy (non-hydrogen) atoms. The van der Waals surface area contributed by atoms with Gasteiger partial charge in [-0.2, -0.15) is 0 Å². The molecule has 0 aromatic carbocycles. The summed E-state index contributed by atoms with van der Waals surface area (Å²) in [5.41, 5.74) is 0. The summed E-state index contributed by atoms with van der Waals surface area (Å²) in [6, 6.07) is 0. The first-order valence-electron chi connectivity index (χ1n) is 12.5. The summed E-state index contributed by atoms with van der Waals surface area (Å²) >= 11 is 0. The van der Waals surface area contributed by atoms with Crippen LogP contribution in [0, 0.1) is 58.6 Å². The fourth-order valence-electron chi connectivity index (χ4n) is 3.40. The Morgan fingerprint density at radius 1 is 0.567 bits per heavy atom. The van der Waals surface area contributed by atoms with Gasteiger partial charge in [0.25, 0.3) is 0 Å². The van der Waals surface area contributed by atoms with Gasteiger partial charge in [-0.05, 0) is 37.0 Å². The molecular weight excluding hydrogens is 527 g/mol. The van der Waals surface area contributed by atoms with E-state index in [1.54, 1.807) is 0 Å². The third kappa shape index (κ3) is 17.0. The quantitative estimate of drug-likeness (QED) is 0.128. The Morgan fingerprint density at radius 2 is 0.833 bits per heavy atom. The van der Waals surface area contributed by atoms with Gasteiger partial charge in [0.05, 0.1) is 19.8 Å². The van der Waals surface area contributed by atoms with Gasteiger partial charge in [-0.15, -0.1) is 0 Å².